The van der Waals surface area contributed by atoms with Crippen molar-refractivity contribution >= 4 is 22.0 Å². The van der Waals surface area contributed by atoms with Gasteiger partial charge in [-0.15, -0.1) is 0 Å². The van der Waals surface area contributed by atoms with Crippen molar-refractivity contribution in [1.29, 1.82) is 0 Å². The minimum Gasteiger partial charge on any atom is -0.347 e. The molecule has 0 bridgehead atoms. The monoisotopic (exact) mass is 521 g/mol. The summed E-state index contributed by atoms with van der Waals surface area (Å²) in [6, 6.07) is 33.7. The molecule has 1 saturated carbocycles. The Bertz CT molecular complexity index is 1680. The van der Waals surface area contributed by atoms with Crippen molar-refractivity contribution in [3.05, 3.63) is 143 Å². The van der Waals surface area contributed by atoms with Crippen molar-refractivity contribution < 1.29 is 0 Å². The van der Waals surface area contributed by atoms with E-state index < -0.39 is 0 Å². The van der Waals surface area contributed by atoms with E-state index in [1.165, 1.54) is 87.7 Å². The van der Waals surface area contributed by atoms with Gasteiger partial charge < -0.3 is 4.90 Å². The fourth-order valence-corrected chi connectivity index (χ4v) is 8.32. The summed E-state index contributed by atoms with van der Waals surface area (Å²) in [5.74, 6) is 0. The molecule has 1 spiro atoms. The van der Waals surface area contributed by atoms with Gasteiger partial charge in [-0.1, -0.05) is 123 Å². The molecule has 1 fully saturated rings. The first-order valence-corrected chi connectivity index (χ1v) is 15.0. The van der Waals surface area contributed by atoms with Gasteiger partial charge in [0.2, 0.25) is 0 Å². The van der Waals surface area contributed by atoms with Crippen molar-refractivity contribution in [2.24, 2.45) is 0 Å². The van der Waals surface area contributed by atoms with Crippen LogP contribution in [0.15, 0.2) is 120 Å². The van der Waals surface area contributed by atoms with E-state index in [0.717, 1.165) is 6.42 Å². The predicted octanol–water partition coefficient (Wildman–Crippen LogP) is 9.92. The van der Waals surface area contributed by atoms with E-state index in [2.05, 4.69) is 135 Å². The highest BCUT2D eigenvalue weighted by Gasteiger charge is 2.46. The molecule has 1 unspecified atom stereocenters. The van der Waals surface area contributed by atoms with Gasteiger partial charge in [-0.2, -0.15) is 0 Å². The number of hydrogen-bond donors (Lipinski definition) is 0. The Morgan fingerprint density at radius 1 is 0.800 bits per heavy atom. The summed E-state index contributed by atoms with van der Waals surface area (Å²) in [6.07, 6.45) is 14.7. The molecule has 7 rings (SSSR count). The van der Waals surface area contributed by atoms with Crippen LogP contribution in [-0.4, -0.2) is 7.05 Å². The van der Waals surface area contributed by atoms with Crippen LogP contribution in [0.5, 0.6) is 0 Å². The number of hydrogen-bond acceptors (Lipinski definition) is 1. The van der Waals surface area contributed by atoms with Crippen molar-refractivity contribution in [2.45, 2.75) is 63.2 Å². The topological polar surface area (TPSA) is 3.24 Å². The van der Waals surface area contributed by atoms with E-state index in [1.807, 2.05) is 0 Å². The Labute approximate surface area is 239 Å². The van der Waals surface area contributed by atoms with E-state index in [0.29, 0.717) is 0 Å². The van der Waals surface area contributed by atoms with Crippen molar-refractivity contribution in [2.75, 3.05) is 11.9 Å². The SMILES string of the molecule is CC1=C(/C=C/C=C2/N(C)c3ccccc3C23CCCCC3)C(C)(Cc2ccccc2)c2c1ccc1ccccc21. The molecule has 1 nitrogen and oxygen atoms in total. The van der Waals surface area contributed by atoms with Crippen LogP contribution in [0.1, 0.15) is 68.2 Å². The summed E-state index contributed by atoms with van der Waals surface area (Å²) < 4.78 is 0. The van der Waals surface area contributed by atoms with Gasteiger partial charge in [0.1, 0.15) is 0 Å². The van der Waals surface area contributed by atoms with Crippen LogP contribution in [0.3, 0.4) is 0 Å². The van der Waals surface area contributed by atoms with Crippen LogP contribution in [0, 0.1) is 0 Å². The zero-order chi connectivity index (χ0) is 27.3. The van der Waals surface area contributed by atoms with Crippen LogP contribution in [0.2, 0.25) is 0 Å². The van der Waals surface area contributed by atoms with Gasteiger partial charge in [0.05, 0.1) is 0 Å². The number of allylic oxidation sites excluding steroid dienone is 6. The number of rotatable bonds is 4. The Morgan fingerprint density at radius 2 is 1.52 bits per heavy atom. The number of nitrogens with zero attached hydrogens (tertiary/aromatic N) is 1. The number of fused-ring (bicyclic) bond motifs is 5. The summed E-state index contributed by atoms with van der Waals surface area (Å²) in [5, 5.41) is 2.71. The first-order valence-electron chi connectivity index (χ1n) is 15.0. The standard InChI is InChI=1S/C39H39N/c1-28-31-24-23-30-17-8-9-18-32(30)37(31)38(2,27-29-15-6-4-7-16-29)33(28)20-14-22-36-39(25-12-5-13-26-39)34-19-10-11-21-35(34)40(36)3/h4,6-11,14-24H,5,12-13,25-27H2,1-3H3/b20-14+,36-22+. The lowest BCUT2D eigenvalue weighted by Crippen LogP contribution is -2.31. The second-order valence-electron chi connectivity index (χ2n) is 12.4. The molecule has 4 aromatic rings. The molecule has 0 saturated heterocycles. The molecule has 1 atom stereocenters. The van der Waals surface area contributed by atoms with Gasteiger partial charge in [0.15, 0.2) is 0 Å². The summed E-state index contributed by atoms with van der Waals surface area (Å²) >= 11 is 0. The molecule has 2 aliphatic carbocycles. The molecule has 0 amide bonds. The van der Waals surface area contributed by atoms with Gasteiger partial charge in [0.25, 0.3) is 0 Å². The lowest BCUT2D eigenvalue weighted by molar-refractivity contribution is 0.347. The van der Waals surface area contributed by atoms with Gasteiger partial charge in [-0.25, -0.2) is 0 Å². The van der Waals surface area contributed by atoms with Gasteiger partial charge in [-0.05, 0) is 82.5 Å². The zero-order valence-electron chi connectivity index (χ0n) is 24.1. The zero-order valence-corrected chi connectivity index (χ0v) is 24.1. The maximum Gasteiger partial charge on any atom is 0.0448 e. The minimum atomic E-state index is -0.107. The van der Waals surface area contributed by atoms with Crippen LogP contribution in [0.4, 0.5) is 5.69 Å². The largest absolute Gasteiger partial charge is 0.347 e. The quantitative estimate of drug-likeness (QED) is 0.258. The van der Waals surface area contributed by atoms with E-state index in [-0.39, 0.29) is 10.8 Å². The molecule has 40 heavy (non-hydrogen) atoms. The maximum atomic E-state index is 2.47. The average Bonchev–Trinajstić information content (AvgIpc) is 3.34. The second-order valence-corrected chi connectivity index (χ2v) is 12.4. The lowest BCUT2D eigenvalue weighted by atomic mass is 9.68. The van der Waals surface area contributed by atoms with E-state index >= 15 is 0 Å². The highest BCUT2D eigenvalue weighted by Crippen LogP contribution is 2.55. The first kappa shape index (κ1) is 25.1. The van der Waals surface area contributed by atoms with E-state index in [9.17, 15) is 0 Å². The normalized spacial score (nSPS) is 22.6. The van der Waals surface area contributed by atoms with Crippen molar-refractivity contribution in [3.63, 3.8) is 0 Å². The molecular weight excluding hydrogens is 482 g/mol. The smallest absolute Gasteiger partial charge is 0.0448 e. The van der Waals surface area contributed by atoms with Crippen molar-refractivity contribution in [3.8, 4) is 0 Å². The molecule has 1 aliphatic heterocycles. The lowest BCUT2D eigenvalue weighted by Gasteiger charge is -2.36. The Morgan fingerprint density at radius 3 is 2.35 bits per heavy atom. The first-order chi connectivity index (χ1) is 19.5. The molecule has 1 heteroatoms. The average molecular weight is 522 g/mol. The highest BCUT2D eigenvalue weighted by atomic mass is 15.2. The van der Waals surface area contributed by atoms with E-state index in [4.69, 9.17) is 0 Å². The predicted molar refractivity (Wildman–Crippen MR) is 171 cm³/mol. The third-order valence-electron chi connectivity index (χ3n) is 10.1. The van der Waals surface area contributed by atoms with Gasteiger partial charge in [-0.3, -0.25) is 0 Å². The summed E-state index contributed by atoms with van der Waals surface area (Å²) in [7, 11) is 2.27. The third-order valence-corrected chi connectivity index (χ3v) is 10.1. The number of likely N-dealkylation sites (N-methyl/N-ethyl adjacent to an activating group) is 1. The van der Waals surface area contributed by atoms with Crippen molar-refractivity contribution in [1.82, 2.24) is 0 Å². The van der Waals surface area contributed by atoms with E-state index in [1.54, 1.807) is 0 Å². The van der Waals surface area contributed by atoms with Crippen LogP contribution >= 0.6 is 0 Å². The Hall–Kier alpha value is -3.84. The Balaban J connectivity index is 1.34. The van der Waals surface area contributed by atoms with Crippen LogP contribution in [0.25, 0.3) is 16.3 Å². The second kappa shape index (κ2) is 9.66. The van der Waals surface area contributed by atoms with Crippen LogP contribution < -0.4 is 4.90 Å². The number of para-hydroxylation sites is 1. The fourth-order valence-electron chi connectivity index (χ4n) is 8.32. The number of benzene rings is 4. The van der Waals surface area contributed by atoms with Crippen LogP contribution in [-0.2, 0) is 17.3 Å². The van der Waals surface area contributed by atoms with Gasteiger partial charge in [0, 0.05) is 29.3 Å². The molecule has 3 aliphatic rings. The Kier molecular flexibility index (Phi) is 6.08. The number of anilines is 1. The molecule has 1 heterocycles. The van der Waals surface area contributed by atoms with Gasteiger partial charge >= 0.3 is 0 Å². The fraction of sp³-hybridized carbons (Fsp3) is 0.282. The molecule has 0 aromatic heterocycles. The summed E-state index contributed by atoms with van der Waals surface area (Å²) in [4.78, 5) is 2.46. The minimum absolute atomic E-state index is 0.107. The molecule has 0 N–H and O–H groups in total. The molecule has 200 valence electrons. The molecule has 0 radical (unpaired) electrons. The highest BCUT2D eigenvalue weighted by molar-refractivity contribution is 5.96. The molecule has 4 aromatic carbocycles. The summed E-state index contributed by atoms with van der Waals surface area (Å²) in [6.45, 7) is 4.80. The molecular formula is C39H39N. The summed E-state index contributed by atoms with van der Waals surface area (Å²) in [5.41, 5.74) is 11.5. The maximum absolute atomic E-state index is 2.47. The third kappa shape index (κ3) is 3.74.